The van der Waals surface area contributed by atoms with Gasteiger partial charge < -0.3 is 10.1 Å². The largest absolute Gasteiger partial charge is 0.573 e. The molecule has 1 saturated heterocycles. The summed E-state index contributed by atoms with van der Waals surface area (Å²) in [5, 5.41) is 12.1. The van der Waals surface area contributed by atoms with Crippen LogP contribution in [0.5, 0.6) is 5.75 Å². The second-order valence-corrected chi connectivity index (χ2v) is 9.29. The summed E-state index contributed by atoms with van der Waals surface area (Å²) < 4.78 is 64.1. The lowest BCUT2D eigenvalue weighted by molar-refractivity contribution is -0.761. The van der Waals surface area contributed by atoms with E-state index in [1.807, 2.05) is 0 Å². The number of nitrogens with one attached hydrogen (secondary N) is 2. The molecule has 1 fully saturated rings. The summed E-state index contributed by atoms with van der Waals surface area (Å²) in [6, 6.07) is 5.71. The first-order chi connectivity index (χ1) is 14.4. The number of hydrogen-bond acceptors (Lipinski definition) is 7. The number of imide groups is 1. The van der Waals surface area contributed by atoms with Gasteiger partial charge in [0.2, 0.25) is 0 Å². The van der Waals surface area contributed by atoms with E-state index in [9.17, 15) is 36.4 Å². The number of carbonyl (C=O) groups is 2. The fourth-order valence-electron chi connectivity index (χ4n) is 3.47. The Morgan fingerprint density at radius 2 is 1.87 bits per heavy atom. The molecule has 2 amide bonds. The highest BCUT2D eigenvalue weighted by atomic mass is 32.2. The lowest BCUT2D eigenvalue weighted by Crippen LogP contribution is -3.21. The summed E-state index contributed by atoms with van der Waals surface area (Å²) >= 11 is 0. The third-order valence-electron chi connectivity index (χ3n) is 4.96. The van der Waals surface area contributed by atoms with Gasteiger partial charge in [-0.2, -0.15) is 10.2 Å². The van der Waals surface area contributed by atoms with Crippen LogP contribution in [0, 0.1) is 11.3 Å². The zero-order chi connectivity index (χ0) is 23.0. The Balaban J connectivity index is 1.87. The van der Waals surface area contributed by atoms with Gasteiger partial charge in [-0.05, 0) is 36.8 Å². The maximum absolute atomic E-state index is 13.0. The number of ether oxygens (including phenoxy) is 1. The normalized spacial score (nSPS) is 24.9. The molecule has 0 spiro atoms. The maximum Gasteiger partial charge on any atom is 0.573 e. The molecule has 164 valence electrons. The number of amides is 2. The van der Waals surface area contributed by atoms with Crippen LogP contribution in [0.2, 0.25) is 0 Å². The van der Waals surface area contributed by atoms with Crippen LogP contribution < -0.4 is 15.0 Å². The Morgan fingerprint density at radius 1 is 1.23 bits per heavy atom. The number of hydrogen-bond donors (Lipinski definition) is 2. The Kier molecular flexibility index (Phi) is 5.93. The Bertz CT molecular complexity index is 1130. The van der Waals surface area contributed by atoms with Crippen molar-refractivity contribution >= 4 is 27.3 Å². The van der Waals surface area contributed by atoms with E-state index in [0.717, 1.165) is 12.1 Å². The highest BCUT2D eigenvalue weighted by molar-refractivity contribution is 7.91. The summed E-state index contributed by atoms with van der Waals surface area (Å²) in [6.07, 6.45) is -3.47. The van der Waals surface area contributed by atoms with E-state index in [4.69, 9.17) is 0 Å². The van der Waals surface area contributed by atoms with Crippen LogP contribution in [0.1, 0.15) is 13.3 Å². The zero-order valence-electron chi connectivity index (χ0n) is 16.1. The molecule has 8 nitrogen and oxygen atoms in total. The van der Waals surface area contributed by atoms with Crippen molar-refractivity contribution in [3.05, 3.63) is 47.2 Å². The number of nitrogens with zero attached hydrogens (tertiary/aromatic N) is 1. The first-order valence-electron chi connectivity index (χ1n) is 9.02. The first kappa shape index (κ1) is 22.5. The van der Waals surface area contributed by atoms with Crippen LogP contribution in [0.3, 0.4) is 0 Å². The van der Waals surface area contributed by atoms with Gasteiger partial charge in [-0.15, -0.1) is 13.2 Å². The molecule has 2 aliphatic rings. The molecule has 12 heteroatoms. The number of anilines is 1. The molecule has 0 radical (unpaired) electrons. The van der Waals surface area contributed by atoms with Crippen molar-refractivity contribution < 1.29 is 40.8 Å². The average molecular weight is 456 g/mol. The van der Waals surface area contributed by atoms with Gasteiger partial charge in [0.05, 0.1) is 5.75 Å². The van der Waals surface area contributed by atoms with Gasteiger partial charge >= 0.3 is 18.2 Å². The van der Waals surface area contributed by atoms with Crippen molar-refractivity contribution in [2.24, 2.45) is 0 Å². The van der Waals surface area contributed by atoms with E-state index in [1.165, 1.54) is 25.3 Å². The molecule has 2 heterocycles. The molecule has 1 unspecified atom stereocenters. The predicted octanol–water partition coefficient (Wildman–Crippen LogP) is 0.860. The van der Waals surface area contributed by atoms with Gasteiger partial charge in [-0.3, -0.25) is 0 Å². The van der Waals surface area contributed by atoms with E-state index in [0.29, 0.717) is 5.69 Å². The number of nitriles is 1. The molecular weight excluding hydrogens is 439 g/mol. The SMILES string of the molecule is CC1=C(C#N)C(=O)[NH+]([C@@H]2CCS(=O)(=O)C2)C(=O)/C1=C\Nc1ccc(OC(F)(F)F)cc1. The van der Waals surface area contributed by atoms with Crippen LogP contribution >= 0.6 is 0 Å². The topological polar surface area (TPSA) is 118 Å². The third kappa shape index (κ3) is 4.95. The molecule has 31 heavy (non-hydrogen) atoms. The predicted molar refractivity (Wildman–Crippen MR) is 101 cm³/mol. The van der Waals surface area contributed by atoms with Crippen molar-refractivity contribution in [1.29, 1.82) is 5.26 Å². The van der Waals surface area contributed by atoms with Crippen molar-refractivity contribution in [1.82, 2.24) is 0 Å². The van der Waals surface area contributed by atoms with Crippen LogP contribution in [0.4, 0.5) is 18.9 Å². The number of rotatable bonds is 4. The second kappa shape index (κ2) is 8.16. The van der Waals surface area contributed by atoms with Crippen LogP contribution in [-0.2, 0) is 19.4 Å². The summed E-state index contributed by atoms with van der Waals surface area (Å²) in [7, 11) is -3.37. The van der Waals surface area contributed by atoms with Crippen molar-refractivity contribution in [2.75, 3.05) is 16.8 Å². The number of benzene rings is 1. The summed E-state index contributed by atoms with van der Waals surface area (Å²) in [5.41, 5.74) is 0.210. The van der Waals surface area contributed by atoms with Crippen LogP contribution in [-0.4, -0.2) is 44.1 Å². The lowest BCUT2D eigenvalue weighted by Gasteiger charge is -2.25. The summed E-state index contributed by atoms with van der Waals surface area (Å²) in [4.78, 5) is 25.4. The Morgan fingerprint density at radius 3 is 2.39 bits per heavy atom. The van der Waals surface area contributed by atoms with Gasteiger partial charge in [0.15, 0.2) is 15.4 Å². The minimum atomic E-state index is -4.83. The van der Waals surface area contributed by atoms with Gasteiger partial charge in [0, 0.05) is 18.3 Å². The fraction of sp³-hybridized carbons (Fsp3) is 0.316. The second-order valence-electron chi connectivity index (χ2n) is 7.06. The van der Waals surface area contributed by atoms with Crippen molar-refractivity contribution in [3.63, 3.8) is 0 Å². The number of carbonyl (C=O) groups excluding carboxylic acids is 2. The van der Waals surface area contributed by atoms with E-state index in [-0.39, 0.29) is 39.5 Å². The molecule has 0 bridgehead atoms. The van der Waals surface area contributed by atoms with E-state index in [2.05, 4.69) is 10.1 Å². The molecule has 0 aromatic heterocycles. The van der Waals surface area contributed by atoms with Crippen LogP contribution in [0.15, 0.2) is 47.2 Å². The van der Waals surface area contributed by atoms with Gasteiger partial charge in [-0.25, -0.2) is 18.0 Å². The van der Waals surface area contributed by atoms with Gasteiger partial charge in [0.25, 0.3) is 0 Å². The Hall–Kier alpha value is -3.17. The molecule has 1 aromatic carbocycles. The third-order valence-corrected chi connectivity index (χ3v) is 6.73. The summed E-state index contributed by atoms with van der Waals surface area (Å²) in [6.45, 7) is 1.42. The molecule has 2 N–H and O–H groups in total. The molecule has 1 aromatic rings. The number of quaternary nitrogens is 1. The van der Waals surface area contributed by atoms with E-state index >= 15 is 0 Å². The zero-order valence-corrected chi connectivity index (χ0v) is 16.9. The lowest BCUT2D eigenvalue weighted by atomic mass is 9.94. The molecule has 0 saturated carbocycles. The molecule has 2 atom stereocenters. The van der Waals surface area contributed by atoms with E-state index in [1.54, 1.807) is 6.07 Å². The minimum Gasteiger partial charge on any atom is -0.406 e. The molecule has 0 aliphatic carbocycles. The quantitative estimate of drug-likeness (QED) is 0.510. The molecule has 3 rings (SSSR count). The number of alkyl halides is 3. The standard InChI is InChI=1S/C19H16F3N3O5S/c1-11-15(8-23)17(26)25(13-6-7-31(28,29)10-13)18(27)16(11)9-24-12-2-4-14(5-3-12)30-19(20,21)22/h2-5,9,13,24H,6-7,10H2,1H3/p+1/b16-9-/t13-/m1/s1. The number of sulfone groups is 1. The fourth-order valence-corrected chi connectivity index (χ4v) is 5.23. The smallest absolute Gasteiger partial charge is 0.406 e. The number of halogens is 3. The van der Waals surface area contributed by atoms with Crippen molar-refractivity contribution in [2.45, 2.75) is 25.7 Å². The molecule has 2 aliphatic heterocycles. The van der Waals surface area contributed by atoms with E-state index < -0.39 is 39.8 Å². The highest BCUT2D eigenvalue weighted by Crippen LogP contribution is 2.25. The monoisotopic (exact) mass is 456 g/mol. The van der Waals surface area contributed by atoms with Gasteiger partial charge in [0.1, 0.15) is 29.2 Å². The maximum atomic E-state index is 13.0. The summed E-state index contributed by atoms with van der Waals surface area (Å²) in [5.74, 6) is -2.34. The van der Waals surface area contributed by atoms with Gasteiger partial charge in [-0.1, -0.05) is 0 Å². The minimum absolute atomic E-state index is 0.00562. The van der Waals surface area contributed by atoms with Crippen LogP contribution in [0.25, 0.3) is 0 Å². The van der Waals surface area contributed by atoms with Crippen molar-refractivity contribution in [3.8, 4) is 11.8 Å². The first-order valence-corrected chi connectivity index (χ1v) is 10.8. The average Bonchev–Trinajstić information content (AvgIpc) is 3.01. The molecular formula is C19H17F3N3O5S+. The highest BCUT2D eigenvalue weighted by Gasteiger charge is 2.48. The Labute approximate surface area is 175 Å².